The Balaban J connectivity index is 2.09. The maximum absolute atomic E-state index is 3.73. The van der Waals surface area contributed by atoms with Gasteiger partial charge in [0.05, 0.1) is 0 Å². The van der Waals surface area contributed by atoms with Crippen LogP contribution in [-0.2, 0) is 6.54 Å². The predicted octanol–water partition coefficient (Wildman–Crippen LogP) is 3.42. The summed E-state index contributed by atoms with van der Waals surface area (Å²) in [6.07, 6.45) is 12.7. The summed E-state index contributed by atoms with van der Waals surface area (Å²) in [5.74, 6) is 0. The van der Waals surface area contributed by atoms with Gasteiger partial charge in [0.25, 0.3) is 0 Å². The molecule has 0 saturated heterocycles. The van der Waals surface area contributed by atoms with Crippen LogP contribution in [0.2, 0.25) is 0 Å². The number of aromatic nitrogens is 1. The van der Waals surface area contributed by atoms with Gasteiger partial charge in [0, 0.05) is 18.6 Å². The van der Waals surface area contributed by atoms with Crippen molar-refractivity contribution in [3.63, 3.8) is 0 Å². The first kappa shape index (κ1) is 12.0. The molecule has 1 heterocycles. The molecule has 1 aromatic rings. The predicted molar refractivity (Wildman–Crippen MR) is 64.7 cm³/mol. The monoisotopic (exact) mass is 204 g/mol. The number of aryl methyl sites for hydroxylation is 2. The Morgan fingerprint density at radius 3 is 2.47 bits per heavy atom. The first-order valence-electron chi connectivity index (χ1n) is 5.89. The minimum Gasteiger partial charge on any atom is -0.205 e. The minimum atomic E-state index is 1.15. The molecule has 0 amide bonds. The first-order chi connectivity index (χ1) is 7.33. The van der Waals surface area contributed by atoms with E-state index in [0.717, 1.165) is 13.0 Å². The molecule has 82 valence electrons. The Bertz CT molecular complexity index is 274. The van der Waals surface area contributed by atoms with E-state index in [9.17, 15) is 0 Å². The molecule has 0 bridgehead atoms. The van der Waals surface area contributed by atoms with E-state index < -0.39 is 0 Å². The Hall–Kier alpha value is -1.11. The summed E-state index contributed by atoms with van der Waals surface area (Å²) < 4.78 is 2.26. The van der Waals surface area contributed by atoms with Crippen LogP contribution in [0, 0.1) is 6.92 Å². The zero-order valence-corrected chi connectivity index (χ0v) is 9.78. The van der Waals surface area contributed by atoms with Crippen LogP contribution in [0.3, 0.4) is 0 Å². The third kappa shape index (κ3) is 5.36. The van der Waals surface area contributed by atoms with Gasteiger partial charge in [0.1, 0.15) is 6.54 Å². The molecular formula is C14H22N+. The van der Waals surface area contributed by atoms with Crippen molar-refractivity contribution in [3.05, 3.63) is 42.7 Å². The molecule has 1 rings (SSSR count). The average Bonchev–Trinajstić information content (AvgIpc) is 2.26. The molecule has 0 N–H and O–H groups in total. The average molecular weight is 204 g/mol. The van der Waals surface area contributed by atoms with Gasteiger partial charge in [-0.1, -0.05) is 12.5 Å². The molecule has 0 aliphatic heterocycles. The Kier molecular flexibility index (Phi) is 5.76. The van der Waals surface area contributed by atoms with Gasteiger partial charge in [-0.05, 0) is 31.7 Å². The van der Waals surface area contributed by atoms with E-state index in [0.29, 0.717) is 0 Å². The normalized spacial score (nSPS) is 10.2. The molecule has 0 radical (unpaired) electrons. The third-order valence-electron chi connectivity index (χ3n) is 2.63. The molecule has 0 spiro atoms. The standard InChI is InChI=1S/C14H22N/c1-3-4-5-6-7-8-11-15-12-9-14(2)10-13-15/h3,9-10,12-13H,1,4-8,11H2,2H3/q+1. The van der Waals surface area contributed by atoms with E-state index in [1.807, 2.05) is 6.08 Å². The molecule has 0 fully saturated rings. The molecule has 0 atom stereocenters. The fourth-order valence-corrected chi connectivity index (χ4v) is 1.62. The summed E-state index contributed by atoms with van der Waals surface area (Å²) in [6, 6.07) is 4.33. The number of hydrogen-bond donors (Lipinski definition) is 0. The zero-order chi connectivity index (χ0) is 10.9. The van der Waals surface area contributed by atoms with Gasteiger partial charge in [-0.2, -0.15) is 0 Å². The number of hydrogen-bond acceptors (Lipinski definition) is 0. The Labute approximate surface area is 93.5 Å². The molecule has 0 unspecified atom stereocenters. The molecule has 0 aliphatic carbocycles. The van der Waals surface area contributed by atoms with Crippen molar-refractivity contribution >= 4 is 0 Å². The minimum absolute atomic E-state index is 1.15. The second-order valence-electron chi connectivity index (χ2n) is 4.10. The van der Waals surface area contributed by atoms with E-state index in [1.54, 1.807) is 0 Å². The molecule has 0 saturated carbocycles. The highest BCUT2D eigenvalue weighted by molar-refractivity contribution is 5.03. The zero-order valence-electron chi connectivity index (χ0n) is 9.78. The summed E-state index contributed by atoms with van der Waals surface area (Å²) in [5, 5.41) is 0. The van der Waals surface area contributed by atoms with E-state index in [4.69, 9.17) is 0 Å². The van der Waals surface area contributed by atoms with Gasteiger partial charge in [-0.25, -0.2) is 4.57 Å². The number of unbranched alkanes of at least 4 members (excludes halogenated alkanes) is 4. The van der Waals surface area contributed by atoms with Crippen molar-refractivity contribution in [2.24, 2.45) is 0 Å². The van der Waals surface area contributed by atoms with E-state index in [1.165, 1.54) is 31.2 Å². The maximum atomic E-state index is 3.73. The molecule has 15 heavy (non-hydrogen) atoms. The molecule has 0 aliphatic rings. The second-order valence-corrected chi connectivity index (χ2v) is 4.10. The van der Waals surface area contributed by atoms with Crippen molar-refractivity contribution in [3.8, 4) is 0 Å². The summed E-state index contributed by atoms with van der Waals surface area (Å²) in [7, 11) is 0. The summed E-state index contributed by atoms with van der Waals surface area (Å²) in [4.78, 5) is 0. The first-order valence-corrected chi connectivity index (χ1v) is 5.89. The largest absolute Gasteiger partial charge is 0.205 e. The van der Waals surface area contributed by atoms with Gasteiger partial charge in [0.15, 0.2) is 12.4 Å². The van der Waals surface area contributed by atoms with Crippen LogP contribution in [0.4, 0.5) is 0 Å². The van der Waals surface area contributed by atoms with Crippen LogP contribution in [0.1, 0.15) is 37.7 Å². The lowest BCUT2D eigenvalue weighted by Gasteiger charge is -1.98. The topological polar surface area (TPSA) is 3.88 Å². The fourth-order valence-electron chi connectivity index (χ4n) is 1.62. The number of nitrogens with zero attached hydrogens (tertiary/aromatic N) is 1. The van der Waals surface area contributed by atoms with Crippen LogP contribution in [0.15, 0.2) is 37.2 Å². The summed E-state index contributed by atoms with van der Waals surface area (Å²) in [6.45, 7) is 7.00. The van der Waals surface area contributed by atoms with E-state index >= 15 is 0 Å². The van der Waals surface area contributed by atoms with Crippen molar-refractivity contribution in [1.82, 2.24) is 0 Å². The highest BCUT2D eigenvalue weighted by Crippen LogP contribution is 2.03. The summed E-state index contributed by atoms with van der Waals surface area (Å²) >= 11 is 0. The summed E-state index contributed by atoms with van der Waals surface area (Å²) in [5.41, 5.74) is 1.33. The Morgan fingerprint density at radius 2 is 1.80 bits per heavy atom. The van der Waals surface area contributed by atoms with Crippen LogP contribution >= 0.6 is 0 Å². The lowest BCUT2D eigenvalue weighted by atomic mass is 10.1. The van der Waals surface area contributed by atoms with Gasteiger partial charge in [-0.3, -0.25) is 0 Å². The highest BCUT2D eigenvalue weighted by atomic mass is 14.9. The molecular weight excluding hydrogens is 182 g/mol. The van der Waals surface area contributed by atoms with Gasteiger partial charge >= 0.3 is 0 Å². The number of rotatable bonds is 7. The van der Waals surface area contributed by atoms with Crippen LogP contribution in [0.25, 0.3) is 0 Å². The molecule has 1 nitrogen and oxygen atoms in total. The van der Waals surface area contributed by atoms with Gasteiger partial charge in [0.2, 0.25) is 0 Å². The third-order valence-corrected chi connectivity index (χ3v) is 2.63. The second kappa shape index (κ2) is 7.22. The number of pyridine rings is 1. The highest BCUT2D eigenvalue weighted by Gasteiger charge is 1.98. The van der Waals surface area contributed by atoms with Crippen LogP contribution in [0.5, 0.6) is 0 Å². The van der Waals surface area contributed by atoms with Crippen LogP contribution in [-0.4, -0.2) is 0 Å². The fraction of sp³-hybridized carbons (Fsp3) is 0.500. The van der Waals surface area contributed by atoms with Crippen molar-refractivity contribution in [2.75, 3.05) is 0 Å². The number of allylic oxidation sites excluding steroid dienone is 1. The van der Waals surface area contributed by atoms with Crippen molar-refractivity contribution in [1.29, 1.82) is 0 Å². The van der Waals surface area contributed by atoms with Crippen LogP contribution < -0.4 is 4.57 Å². The Morgan fingerprint density at radius 1 is 1.13 bits per heavy atom. The SMILES string of the molecule is C=CCCCCCC[n+]1ccc(C)cc1. The lowest BCUT2D eigenvalue weighted by molar-refractivity contribution is -0.697. The molecule has 1 aromatic heterocycles. The smallest absolute Gasteiger partial charge is 0.169 e. The quantitative estimate of drug-likeness (QED) is 0.364. The molecule has 1 heteroatoms. The van der Waals surface area contributed by atoms with Gasteiger partial charge in [-0.15, -0.1) is 6.58 Å². The van der Waals surface area contributed by atoms with Gasteiger partial charge < -0.3 is 0 Å². The van der Waals surface area contributed by atoms with E-state index in [2.05, 4.69) is 42.6 Å². The van der Waals surface area contributed by atoms with Crippen molar-refractivity contribution in [2.45, 2.75) is 45.6 Å². The maximum Gasteiger partial charge on any atom is 0.169 e. The molecule has 0 aromatic carbocycles. The lowest BCUT2D eigenvalue weighted by Crippen LogP contribution is -2.32. The van der Waals surface area contributed by atoms with Crippen molar-refractivity contribution < 1.29 is 4.57 Å². The van der Waals surface area contributed by atoms with E-state index in [-0.39, 0.29) is 0 Å².